The van der Waals surface area contributed by atoms with Crippen LogP contribution in [0.1, 0.15) is 18.9 Å². The van der Waals surface area contributed by atoms with Crippen molar-refractivity contribution in [3.63, 3.8) is 0 Å². The largest absolute Gasteiger partial charge is 0.497 e. The van der Waals surface area contributed by atoms with Crippen molar-refractivity contribution >= 4 is 5.69 Å². The van der Waals surface area contributed by atoms with Crippen molar-refractivity contribution in [2.24, 2.45) is 11.8 Å². The van der Waals surface area contributed by atoms with Gasteiger partial charge >= 0.3 is 0 Å². The average Bonchev–Trinajstić information content (AvgIpc) is 3.03. The molecule has 1 aromatic rings. The first kappa shape index (κ1) is 11.8. The second-order valence-corrected chi connectivity index (χ2v) is 4.85. The van der Waals surface area contributed by atoms with E-state index in [0.29, 0.717) is 5.56 Å². The fraction of sp³-hybridized carbons (Fsp3) is 0.500. The van der Waals surface area contributed by atoms with Crippen molar-refractivity contribution in [1.29, 1.82) is 5.26 Å². The maximum absolute atomic E-state index is 9.12. The molecule has 0 saturated heterocycles. The third-order valence-corrected chi connectivity index (χ3v) is 3.52. The standard InChI is InChI=1S/C14H18N2O/c1-10-6-12(10)9-16(2)14-7-13(17-3)5-4-11(14)8-15/h4-5,7,10,12H,6,9H2,1-3H3. The third kappa shape index (κ3) is 2.52. The number of nitriles is 1. The SMILES string of the molecule is COc1ccc(C#N)c(N(C)CC2CC2C)c1. The number of anilines is 1. The van der Waals surface area contributed by atoms with Crippen molar-refractivity contribution < 1.29 is 4.74 Å². The molecule has 0 bridgehead atoms. The molecule has 1 aromatic carbocycles. The fourth-order valence-electron chi connectivity index (χ4n) is 2.15. The molecule has 1 aliphatic carbocycles. The fourth-order valence-corrected chi connectivity index (χ4v) is 2.15. The van der Waals surface area contributed by atoms with Crippen LogP contribution in [0.4, 0.5) is 5.69 Å². The highest BCUT2D eigenvalue weighted by Gasteiger charge is 2.33. The Labute approximate surface area is 103 Å². The number of benzene rings is 1. The van der Waals surface area contributed by atoms with Gasteiger partial charge in [-0.15, -0.1) is 0 Å². The van der Waals surface area contributed by atoms with Gasteiger partial charge in [-0.2, -0.15) is 5.26 Å². The average molecular weight is 230 g/mol. The first-order chi connectivity index (χ1) is 8.15. The summed E-state index contributed by atoms with van der Waals surface area (Å²) in [6, 6.07) is 7.82. The molecule has 1 fully saturated rings. The molecular weight excluding hydrogens is 212 g/mol. The first-order valence-corrected chi connectivity index (χ1v) is 5.95. The normalized spacial score (nSPS) is 21.8. The maximum Gasteiger partial charge on any atom is 0.121 e. The molecule has 0 N–H and O–H groups in total. The van der Waals surface area contributed by atoms with Gasteiger partial charge in [-0.05, 0) is 30.4 Å². The summed E-state index contributed by atoms with van der Waals surface area (Å²) >= 11 is 0. The zero-order valence-electron chi connectivity index (χ0n) is 10.6. The molecule has 3 heteroatoms. The lowest BCUT2D eigenvalue weighted by molar-refractivity contribution is 0.414. The minimum absolute atomic E-state index is 0.710. The van der Waals surface area contributed by atoms with Crippen molar-refractivity contribution in [2.45, 2.75) is 13.3 Å². The van der Waals surface area contributed by atoms with Gasteiger partial charge in [-0.3, -0.25) is 0 Å². The highest BCUT2D eigenvalue weighted by molar-refractivity contribution is 5.61. The van der Waals surface area contributed by atoms with Crippen LogP contribution in [0.2, 0.25) is 0 Å². The Hall–Kier alpha value is -1.69. The summed E-state index contributed by atoms with van der Waals surface area (Å²) in [5, 5.41) is 9.12. The van der Waals surface area contributed by atoms with Crippen LogP contribution in [-0.4, -0.2) is 20.7 Å². The minimum atomic E-state index is 0.710. The van der Waals surface area contributed by atoms with E-state index in [2.05, 4.69) is 17.9 Å². The summed E-state index contributed by atoms with van der Waals surface area (Å²) in [6.45, 7) is 3.29. The molecule has 2 atom stereocenters. The highest BCUT2D eigenvalue weighted by Crippen LogP contribution is 2.39. The number of methoxy groups -OCH3 is 1. The highest BCUT2D eigenvalue weighted by atomic mass is 16.5. The maximum atomic E-state index is 9.12. The monoisotopic (exact) mass is 230 g/mol. The Balaban J connectivity index is 2.19. The molecule has 17 heavy (non-hydrogen) atoms. The molecule has 3 nitrogen and oxygen atoms in total. The van der Waals surface area contributed by atoms with E-state index in [1.54, 1.807) is 7.11 Å². The van der Waals surface area contributed by atoms with Gasteiger partial charge in [0.2, 0.25) is 0 Å². The van der Waals surface area contributed by atoms with Gasteiger partial charge in [0, 0.05) is 19.7 Å². The Morgan fingerprint density at radius 2 is 2.24 bits per heavy atom. The number of hydrogen-bond acceptors (Lipinski definition) is 3. The van der Waals surface area contributed by atoms with Crippen LogP contribution in [-0.2, 0) is 0 Å². The number of ether oxygens (including phenoxy) is 1. The smallest absolute Gasteiger partial charge is 0.121 e. The topological polar surface area (TPSA) is 36.3 Å². The summed E-state index contributed by atoms with van der Waals surface area (Å²) < 4.78 is 5.21. The quantitative estimate of drug-likeness (QED) is 0.797. The number of rotatable bonds is 4. The molecule has 2 unspecified atom stereocenters. The lowest BCUT2D eigenvalue weighted by atomic mass is 10.1. The predicted octanol–water partition coefficient (Wildman–Crippen LogP) is 2.66. The van der Waals surface area contributed by atoms with E-state index in [4.69, 9.17) is 10.00 Å². The lowest BCUT2D eigenvalue weighted by Crippen LogP contribution is -2.21. The second-order valence-electron chi connectivity index (χ2n) is 4.85. The Morgan fingerprint density at radius 3 is 2.76 bits per heavy atom. The first-order valence-electron chi connectivity index (χ1n) is 5.95. The zero-order valence-corrected chi connectivity index (χ0v) is 10.6. The van der Waals surface area contributed by atoms with Gasteiger partial charge in [0.05, 0.1) is 18.4 Å². The van der Waals surface area contributed by atoms with Crippen molar-refractivity contribution in [3.8, 4) is 11.8 Å². The molecule has 90 valence electrons. The summed E-state index contributed by atoms with van der Waals surface area (Å²) in [4.78, 5) is 2.16. The van der Waals surface area contributed by atoms with Gasteiger partial charge in [-0.25, -0.2) is 0 Å². The molecule has 0 aliphatic heterocycles. The Bertz CT molecular complexity index is 450. The van der Waals surface area contributed by atoms with Crippen LogP contribution < -0.4 is 9.64 Å². The van der Waals surface area contributed by atoms with E-state index in [0.717, 1.165) is 29.8 Å². The van der Waals surface area contributed by atoms with Crippen molar-refractivity contribution in [3.05, 3.63) is 23.8 Å². The van der Waals surface area contributed by atoms with Gasteiger partial charge in [0.15, 0.2) is 0 Å². The molecule has 2 rings (SSSR count). The molecule has 0 heterocycles. The summed E-state index contributed by atoms with van der Waals surface area (Å²) in [7, 11) is 3.69. The molecule has 1 aliphatic rings. The molecule has 1 saturated carbocycles. The predicted molar refractivity (Wildman–Crippen MR) is 68.3 cm³/mol. The molecule has 0 radical (unpaired) electrons. The second kappa shape index (κ2) is 4.67. The van der Waals surface area contributed by atoms with Crippen molar-refractivity contribution in [2.75, 3.05) is 25.6 Å². The number of hydrogen-bond donors (Lipinski definition) is 0. The van der Waals surface area contributed by atoms with Crippen LogP contribution in [0.5, 0.6) is 5.75 Å². The van der Waals surface area contributed by atoms with E-state index >= 15 is 0 Å². The van der Waals surface area contributed by atoms with Crippen molar-refractivity contribution in [1.82, 2.24) is 0 Å². The Kier molecular flexibility index (Phi) is 3.23. The van der Waals surface area contributed by atoms with Gasteiger partial charge in [0.25, 0.3) is 0 Å². The minimum Gasteiger partial charge on any atom is -0.497 e. The molecule has 0 aromatic heterocycles. The van der Waals surface area contributed by atoms with Crippen LogP contribution in [0, 0.1) is 23.2 Å². The van der Waals surface area contributed by atoms with Gasteiger partial charge in [0.1, 0.15) is 11.8 Å². The zero-order chi connectivity index (χ0) is 12.4. The van der Waals surface area contributed by atoms with Crippen LogP contribution in [0.15, 0.2) is 18.2 Å². The van der Waals surface area contributed by atoms with E-state index in [1.165, 1.54) is 6.42 Å². The van der Waals surface area contributed by atoms with Crippen LogP contribution in [0.25, 0.3) is 0 Å². The van der Waals surface area contributed by atoms with Crippen LogP contribution >= 0.6 is 0 Å². The lowest BCUT2D eigenvalue weighted by Gasteiger charge is -2.21. The van der Waals surface area contributed by atoms with Crippen LogP contribution in [0.3, 0.4) is 0 Å². The van der Waals surface area contributed by atoms with E-state index in [1.807, 2.05) is 25.2 Å². The number of nitrogens with zero attached hydrogens (tertiary/aromatic N) is 2. The molecule has 0 amide bonds. The van der Waals surface area contributed by atoms with Gasteiger partial charge < -0.3 is 9.64 Å². The third-order valence-electron chi connectivity index (χ3n) is 3.52. The van der Waals surface area contributed by atoms with Gasteiger partial charge in [-0.1, -0.05) is 6.92 Å². The summed E-state index contributed by atoms with van der Waals surface area (Å²) in [5.41, 5.74) is 1.67. The summed E-state index contributed by atoms with van der Waals surface area (Å²) in [5.74, 6) is 2.40. The molecular formula is C14H18N2O. The van der Waals surface area contributed by atoms with E-state index in [9.17, 15) is 0 Å². The summed E-state index contributed by atoms with van der Waals surface area (Å²) in [6.07, 6.45) is 1.30. The Morgan fingerprint density at radius 1 is 1.53 bits per heavy atom. The van der Waals surface area contributed by atoms with E-state index in [-0.39, 0.29) is 0 Å². The molecule has 0 spiro atoms. The van der Waals surface area contributed by atoms with E-state index < -0.39 is 0 Å².